The zero-order chi connectivity index (χ0) is 19.6. The number of nitrogens with one attached hydrogen (secondary N) is 2. The number of anilines is 1. The Bertz CT molecular complexity index is 894. The van der Waals surface area contributed by atoms with E-state index in [4.69, 9.17) is 23.2 Å². The van der Waals surface area contributed by atoms with Gasteiger partial charge in [-0.15, -0.1) is 0 Å². The van der Waals surface area contributed by atoms with E-state index in [-0.39, 0.29) is 11.5 Å². The number of H-pyrrole nitrogens is 1. The maximum Gasteiger partial charge on any atom is 0.252 e. The Hall–Kier alpha value is -2.09. The van der Waals surface area contributed by atoms with E-state index >= 15 is 0 Å². The number of hydrogen-bond donors (Lipinski definition) is 2. The fourth-order valence-corrected chi connectivity index (χ4v) is 3.14. The lowest BCUT2D eigenvalue weighted by Gasteiger charge is -2.32. The third-order valence-electron chi connectivity index (χ3n) is 4.52. The number of benzene rings is 1. The number of carbonyl (C=O) groups excluding carboxylic acids is 1. The molecule has 1 atom stereocenters. The van der Waals surface area contributed by atoms with Crippen LogP contribution in [-0.4, -0.2) is 54.0 Å². The molecule has 1 aliphatic rings. The Balaban J connectivity index is 1.76. The first-order valence-corrected chi connectivity index (χ1v) is 9.40. The van der Waals surface area contributed by atoms with E-state index in [0.717, 1.165) is 26.2 Å². The van der Waals surface area contributed by atoms with Crippen LogP contribution in [-0.2, 0) is 0 Å². The first-order chi connectivity index (χ1) is 12.8. The molecule has 3 rings (SSSR count). The van der Waals surface area contributed by atoms with Crippen molar-refractivity contribution in [3.63, 3.8) is 0 Å². The molecule has 1 fully saturated rings. The maximum absolute atomic E-state index is 12.5. The third-order valence-corrected chi connectivity index (χ3v) is 5.26. The number of rotatable bonds is 4. The van der Waals surface area contributed by atoms with Crippen molar-refractivity contribution < 1.29 is 4.79 Å². The summed E-state index contributed by atoms with van der Waals surface area (Å²) in [5.41, 5.74) is 0.644. The van der Waals surface area contributed by atoms with Crippen molar-refractivity contribution in [3.8, 4) is 0 Å². The average Bonchev–Trinajstić information content (AvgIpc) is 2.64. The van der Waals surface area contributed by atoms with Crippen LogP contribution in [0.25, 0.3) is 0 Å². The zero-order valence-corrected chi connectivity index (χ0v) is 16.6. The molecule has 2 heterocycles. The van der Waals surface area contributed by atoms with Gasteiger partial charge in [0.05, 0.1) is 21.8 Å². The minimum Gasteiger partial charge on any atom is -0.344 e. The van der Waals surface area contributed by atoms with E-state index in [1.54, 1.807) is 19.1 Å². The van der Waals surface area contributed by atoms with Crippen LogP contribution in [0, 0.1) is 0 Å². The molecule has 144 valence electrons. The normalized spacial score (nSPS) is 16.2. The highest BCUT2D eigenvalue weighted by Gasteiger charge is 2.19. The van der Waals surface area contributed by atoms with Gasteiger partial charge in [-0.05, 0) is 32.2 Å². The number of amides is 1. The van der Waals surface area contributed by atoms with Gasteiger partial charge in [-0.1, -0.05) is 23.2 Å². The van der Waals surface area contributed by atoms with Crippen molar-refractivity contribution in [2.45, 2.75) is 13.0 Å². The van der Waals surface area contributed by atoms with Crippen molar-refractivity contribution in [1.29, 1.82) is 0 Å². The van der Waals surface area contributed by atoms with Crippen LogP contribution in [0.5, 0.6) is 0 Å². The second-order valence-corrected chi connectivity index (χ2v) is 7.42. The molecule has 0 aliphatic carbocycles. The van der Waals surface area contributed by atoms with Gasteiger partial charge in [-0.25, -0.2) is 4.98 Å². The number of carbonyl (C=O) groups is 1. The van der Waals surface area contributed by atoms with E-state index < -0.39 is 6.04 Å². The lowest BCUT2D eigenvalue weighted by Crippen LogP contribution is -2.45. The fourth-order valence-electron chi connectivity index (χ4n) is 2.84. The molecule has 1 amide bonds. The summed E-state index contributed by atoms with van der Waals surface area (Å²) in [6.45, 7) is 5.15. The summed E-state index contributed by atoms with van der Waals surface area (Å²) in [5, 5.41) is 3.53. The van der Waals surface area contributed by atoms with E-state index in [9.17, 15) is 9.59 Å². The van der Waals surface area contributed by atoms with Gasteiger partial charge in [0.2, 0.25) is 5.95 Å². The summed E-state index contributed by atoms with van der Waals surface area (Å²) in [6.07, 6.45) is 0. The Morgan fingerprint density at radius 3 is 2.56 bits per heavy atom. The molecule has 2 N–H and O–H groups in total. The van der Waals surface area contributed by atoms with Gasteiger partial charge in [0.15, 0.2) is 0 Å². The molecule has 1 aromatic heterocycles. The quantitative estimate of drug-likeness (QED) is 0.809. The summed E-state index contributed by atoms with van der Waals surface area (Å²) < 4.78 is 0. The molecule has 0 radical (unpaired) electrons. The molecule has 0 bridgehead atoms. The van der Waals surface area contributed by atoms with Gasteiger partial charge in [-0.3, -0.25) is 14.6 Å². The van der Waals surface area contributed by atoms with Crippen LogP contribution in [0.4, 0.5) is 5.95 Å². The highest BCUT2D eigenvalue weighted by atomic mass is 35.5. The molecule has 27 heavy (non-hydrogen) atoms. The first kappa shape index (κ1) is 19.7. The van der Waals surface area contributed by atoms with Gasteiger partial charge in [0.1, 0.15) is 0 Å². The topological polar surface area (TPSA) is 81.3 Å². The van der Waals surface area contributed by atoms with Crippen LogP contribution in [0.3, 0.4) is 0 Å². The van der Waals surface area contributed by atoms with Crippen LogP contribution in [0.15, 0.2) is 29.1 Å². The highest BCUT2D eigenvalue weighted by Crippen LogP contribution is 2.23. The molecular formula is C18H21Cl2N5O2. The number of hydrogen-bond acceptors (Lipinski definition) is 5. The van der Waals surface area contributed by atoms with Gasteiger partial charge in [0, 0.05) is 37.8 Å². The standard InChI is InChI=1S/C18H21Cl2N5O2/c1-11(21-17(27)12-3-4-13(19)14(20)9-12)15-10-16(26)23-18(22-15)25-7-5-24(2)6-8-25/h3-4,9-11H,5-8H2,1-2H3,(H,21,27)(H,22,23,26)/t11-/m0/s1. The Kier molecular flexibility index (Phi) is 6.04. The molecule has 9 heteroatoms. The Labute approximate surface area is 167 Å². The molecule has 1 saturated heterocycles. The molecule has 0 spiro atoms. The number of aromatic amines is 1. The largest absolute Gasteiger partial charge is 0.344 e. The maximum atomic E-state index is 12.5. The number of piperazine rings is 1. The summed E-state index contributed by atoms with van der Waals surface area (Å²) >= 11 is 11.9. The second kappa shape index (κ2) is 8.29. The summed E-state index contributed by atoms with van der Waals surface area (Å²) in [6, 6.07) is 5.63. The minimum atomic E-state index is -0.444. The van der Waals surface area contributed by atoms with Crippen LogP contribution in [0.2, 0.25) is 10.0 Å². The molecule has 1 aliphatic heterocycles. The Morgan fingerprint density at radius 2 is 1.89 bits per heavy atom. The minimum absolute atomic E-state index is 0.246. The average molecular weight is 410 g/mol. The molecule has 0 saturated carbocycles. The van der Waals surface area contributed by atoms with Gasteiger partial charge >= 0.3 is 0 Å². The van der Waals surface area contributed by atoms with E-state index in [1.807, 2.05) is 4.90 Å². The number of aromatic nitrogens is 2. The first-order valence-electron chi connectivity index (χ1n) is 8.64. The van der Waals surface area contributed by atoms with Crippen molar-refractivity contribution >= 4 is 35.1 Å². The molecular weight excluding hydrogens is 389 g/mol. The van der Waals surface area contributed by atoms with Crippen LogP contribution in [0.1, 0.15) is 29.0 Å². The van der Waals surface area contributed by atoms with E-state index in [1.165, 1.54) is 12.1 Å². The van der Waals surface area contributed by atoms with Crippen molar-refractivity contribution in [2.75, 3.05) is 38.1 Å². The predicted octanol–water partition coefficient (Wildman–Crippen LogP) is 2.32. The van der Waals surface area contributed by atoms with Gasteiger partial charge < -0.3 is 15.1 Å². The monoisotopic (exact) mass is 409 g/mol. The van der Waals surface area contributed by atoms with Crippen LogP contribution < -0.4 is 15.8 Å². The number of nitrogens with zero attached hydrogens (tertiary/aromatic N) is 3. The van der Waals surface area contributed by atoms with Crippen LogP contribution >= 0.6 is 23.2 Å². The summed E-state index contributed by atoms with van der Waals surface area (Å²) in [7, 11) is 2.06. The third kappa shape index (κ3) is 4.80. The second-order valence-electron chi connectivity index (χ2n) is 6.61. The van der Waals surface area contributed by atoms with Crippen molar-refractivity contribution in [1.82, 2.24) is 20.2 Å². The van der Waals surface area contributed by atoms with E-state index in [2.05, 4.69) is 27.2 Å². The SMILES string of the molecule is C[C@H](NC(=O)c1ccc(Cl)c(Cl)c1)c1cc(=O)[nH]c(N2CCN(C)CC2)n1. The predicted molar refractivity (Wildman–Crippen MR) is 107 cm³/mol. The fraction of sp³-hybridized carbons (Fsp3) is 0.389. The zero-order valence-electron chi connectivity index (χ0n) is 15.1. The lowest BCUT2D eigenvalue weighted by molar-refractivity contribution is 0.0939. The van der Waals surface area contributed by atoms with E-state index in [0.29, 0.717) is 27.3 Å². The van der Waals surface area contributed by atoms with Crippen molar-refractivity contribution in [3.05, 3.63) is 55.9 Å². The number of halogens is 2. The molecule has 7 nitrogen and oxygen atoms in total. The van der Waals surface area contributed by atoms with Gasteiger partial charge in [-0.2, -0.15) is 0 Å². The lowest BCUT2D eigenvalue weighted by atomic mass is 10.1. The summed E-state index contributed by atoms with van der Waals surface area (Å²) in [4.78, 5) is 36.1. The van der Waals surface area contributed by atoms with Gasteiger partial charge in [0.25, 0.3) is 11.5 Å². The number of likely N-dealkylation sites (N-methyl/N-ethyl adjacent to an activating group) is 1. The highest BCUT2D eigenvalue weighted by molar-refractivity contribution is 6.42. The molecule has 2 aromatic rings. The van der Waals surface area contributed by atoms with Crippen molar-refractivity contribution in [2.24, 2.45) is 0 Å². The molecule has 0 unspecified atom stereocenters. The molecule has 1 aromatic carbocycles. The summed E-state index contributed by atoms with van der Waals surface area (Å²) in [5.74, 6) is 0.213. The smallest absolute Gasteiger partial charge is 0.252 e. The Morgan fingerprint density at radius 1 is 1.19 bits per heavy atom.